The van der Waals surface area contributed by atoms with Gasteiger partial charge in [0.1, 0.15) is 0 Å². The highest BCUT2D eigenvalue weighted by molar-refractivity contribution is 5.31. The Bertz CT molecular complexity index is 521. The van der Waals surface area contributed by atoms with Crippen molar-refractivity contribution in [2.75, 3.05) is 13.2 Å². The Hall–Kier alpha value is -1.95. The Morgan fingerprint density at radius 3 is 2.95 bits per heavy atom. The Morgan fingerprint density at radius 1 is 1.25 bits per heavy atom. The summed E-state index contributed by atoms with van der Waals surface area (Å²) in [5.41, 5.74) is 0.906. The number of hydrogen-bond acceptors (Lipinski definition) is 5. The van der Waals surface area contributed by atoms with Gasteiger partial charge >= 0.3 is 6.01 Å². The normalized spacial score (nSPS) is 18.9. The first-order valence-electron chi connectivity index (χ1n) is 7.13. The molecule has 1 aromatic carbocycles. The van der Waals surface area contributed by atoms with Crippen LogP contribution in [-0.2, 0) is 0 Å². The molecule has 6 nitrogen and oxygen atoms in total. The van der Waals surface area contributed by atoms with Crippen LogP contribution in [0.4, 0.5) is 0 Å². The van der Waals surface area contributed by atoms with Crippen molar-refractivity contribution in [1.82, 2.24) is 25.5 Å². The molecule has 1 aliphatic rings. The van der Waals surface area contributed by atoms with Crippen molar-refractivity contribution in [2.24, 2.45) is 0 Å². The first-order chi connectivity index (χ1) is 9.93. The molecule has 0 aliphatic carbocycles. The minimum absolute atomic E-state index is 0.451. The second-order valence-electron chi connectivity index (χ2n) is 4.99. The van der Waals surface area contributed by atoms with Crippen LogP contribution in [0.2, 0.25) is 0 Å². The van der Waals surface area contributed by atoms with Crippen molar-refractivity contribution in [3.63, 3.8) is 0 Å². The van der Waals surface area contributed by atoms with E-state index in [2.05, 4.69) is 20.8 Å². The van der Waals surface area contributed by atoms with Gasteiger partial charge in [0, 0.05) is 6.04 Å². The number of piperidine rings is 1. The summed E-state index contributed by atoms with van der Waals surface area (Å²) >= 11 is 0. The smallest absolute Gasteiger partial charge is 0.340 e. The number of nitrogens with one attached hydrogen (secondary N) is 1. The molecule has 3 rings (SSSR count). The van der Waals surface area contributed by atoms with E-state index >= 15 is 0 Å². The highest BCUT2D eigenvalue weighted by atomic mass is 16.5. The van der Waals surface area contributed by atoms with Crippen LogP contribution < -0.4 is 10.1 Å². The molecule has 0 bridgehead atoms. The molecule has 0 spiro atoms. The molecule has 1 aromatic heterocycles. The number of benzene rings is 1. The van der Waals surface area contributed by atoms with E-state index in [-0.39, 0.29) is 0 Å². The highest BCUT2D eigenvalue weighted by Crippen LogP contribution is 2.14. The molecule has 0 radical (unpaired) electrons. The third-order valence-corrected chi connectivity index (χ3v) is 3.55. The van der Waals surface area contributed by atoms with E-state index in [9.17, 15) is 0 Å². The van der Waals surface area contributed by atoms with Gasteiger partial charge in [0.15, 0.2) is 0 Å². The summed E-state index contributed by atoms with van der Waals surface area (Å²) < 4.78 is 7.34. The average Bonchev–Trinajstić information content (AvgIpc) is 2.98. The van der Waals surface area contributed by atoms with E-state index < -0.39 is 0 Å². The SMILES string of the molecule is c1ccc(-n2nnnc2OCCC2CCCCN2)cc1. The van der Waals surface area contributed by atoms with Gasteiger partial charge in [-0.1, -0.05) is 29.7 Å². The lowest BCUT2D eigenvalue weighted by atomic mass is 10.0. The van der Waals surface area contributed by atoms with Crippen LogP contribution in [0.3, 0.4) is 0 Å². The van der Waals surface area contributed by atoms with Crippen LogP contribution in [0.15, 0.2) is 30.3 Å². The standard InChI is InChI=1S/C14H19N5O/c1-2-7-13(8-3-1)19-14(16-17-18-19)20-11-9-12-6-4-5-10-15-12/h1-3,7-8,12,15H,4-6,9-11H2. The fourth-order valence-corrected chi connectivity index (χ4v) is 2.46. The lowest BCUT2D eigenvalue weighted by Gasteiger charge is -2.23. The summed E-state index contributed by atoms with van der Waals surface area (Å²) in [6.45, 7) is 1.75. The van der Waals surface area contributed by atoms with Crippen molar-refractivity contribution < 1.29 is 4.74 Å². The summed E-state index contributed by atoms with van der Waals surface area (Å²) in [6.07, 6.45) is 4.80. The van der Waals surface area contributed by atoms with E-state index in [1.807, 2.05) is 30.3 Å². The quantitative estimate of drug-likeness (QED) is 0.896. The summed E-state index contributed by atoms with van der Waals surface area (Å²) in [7, 11) is 0. The molecular formula is C14H19N5O. The van der Waals surface area contributed by atoms with Gasteiger partial charge in [-0.25, -0.2) is 0 Å². The third kappa shape index (κ3) is 3.14. The molecule has 2 aromatic rings. The largest absolute Gasteiger partial charge is 0.462 e. The van der Waals surface area contributed by atoms with Crippen molar-refractivity contribution in [1.29, 1.82) is 0 Å². The topological polar surface area (TPSA) is 64.9 Å². The van der Waals surface area contributed by atoms with E-state index in [1.54, 1.807) is 4.68 Å². The van der Waals surface area contributed by atoms with E-state index in [0.29, 0.717) is 18.7 Å². The Morgan fingerprint density at radius 2 is 2.15 bits per heavy atom. The second kappa shape index (κ2) is 6.47. The van der Waals surface area contributed by atoms with Gasteiger partial charge < -0.3 is 10.1 Å². The van der Waals surface area contributed by atoms with Crippen LogP contribution in [0.25, 0.3) is 5.69 Å². The predicted molar refractivity (Wildman–Crippen MR) is 74.9 cm³/mol. The van der Waals surface area contributed by atoms with Crippen molar-refractivity contribution >= 4 is 0 Å². The number of ether oxygens (including phenoxy) is 1. The zero-order valence-electron chi connectivity index (χ0n) is 11.4. The number of hydrogen-bond donors (Lipinski definition) is 1. The Labute approximate surface area is 118 Å². The molecular weight excluding hydrogens is 254 g/mol. The van der Waals surface area contributed by atoms with E-state index in [0.717, 1.165) is 18.7 Å². The van der Waals surface area contributed by atoms with Gasteiger partial charge in [-0.15, -0.1) is 0 Å². The molecule has 106 valence electrons. The van der Waals surface area contributed by atoms with Crippen molar-refractivity contribution in [3.8, 4) is 11.7 Å². The molecule has 6 heteroatoms. The number of para-hydroxylation sites is 1. The molecule has 1 N–H and O–H groups in total. The van der Waals surface area contributed by atoms with Crippen LogP contribution in [0, 0.1) is 0 Å². The highest BCUT2D eigenvalue weighted by Gasteiger charge is 2.14. The minimum Gasteiger partial charge on any atom is -0.462 e. The number of tetrazole rings is 1. The van der Waals surface area contributed by atoms with Crippen LogP contribution in [-0.4, -0.2) is 39.4 Å². The van der Waals surface area contributed by atoms with Crippen LogP contribution >= 0.6 is 0 Å². The molecule has 1 aliphatic heterocycles. The minimum atomic E-state index is 0.451. The summed E-state index contributed by atoms with van der Waals surface area (Å²) in [5, 5.41) is 15.1. The molecule has 0 saturated carbocycles. The molecule has 0 amide bonds. The maximum Gasteiger partial charge on any atom is 0.340 e. The van der Waals surface area contributed by atoms with Crippen molar-refractivity contribution in [3.05, 3.63) is 30.3 Å². The molecule has 1 atom stereocenters. The lowest BCUT2D eigenvalue weighted by Crippen LogP contribution is -2.35. The molecule has 1 unspecified atom stereocenters. The van der Waals surface area contributed by atoms with E-state index in [1.165, 1.54) is 19.3 Å². The van der Waals surface area contributed by atoms with Gasteiger partial charge in [0.25, 0.3) is 0 Å². The molecule has 2 heterocycles. The van der Waals surface area contributed by atoms with E-state index in [4.69, 9.17) is 4.74 Å². The van der Waals surface area contributed by atoms with Crippen LogP contribution in [0.1, 0.15) is 25.7 Å². The lowest BCUT2D eigenvalue weighted by molar-refractivity contribution is 0.247. The number of aromatic nitrogens is 4. The molecule has 20 heavy (non-hydrogen) atoms. The zero-order valence-corrected chi connectivity index (χ0v) is 11.4. The second-order valence-corrected chi connectivity index (χ2v) is 4.99. The Kier molecular flexibility index (Phi) is 4.22. The monoisotopic (exact) mass is 273 g/mol. The first-order valence-corrected chi connectivity index (χ1v) is 7.13. The van der Waals surface area contributed by atoms with Gasteiger partial charge in [0.05, 0.1) is 12.3 Å². The maximum absolute atomic E-state index is 5.72. The van der Waals surface area contributed by atoms with Gasteiger partial charge in [-0.3, -0.25) is 0 Å². The maximum atomic E-state index is 5.72. The summed E-state index contributed by atoms with van der Waals surface area (Å²) in [4.78, 5) is 0. The first kappa shape index (κ1) is 13.1. The fraction of sp³-hybridized carbons (Fsp3) is 0.500. The van der Waals surface area contributed by atoms with Crippen molar-refractivity contribution in [2.45, 2.75) is 31.7 Å². The van der Waals surface area contributed by atoms with Gasteiger partial charge in [0.2, 0.25) is 0 Å². The average molecular weight is 273 g/mol. The molecule has 1 fully saturated rings. The fourth-order valence-electron chi connectivity index (χ4n) is 2.46. The predicted octanol–water partition coefficient (Wildman–Crippen LogP) is 1.57. The summed E-state index contributed by atoms with van der Waals surface area (Å²) in [6, 6.07) is 10.8. The Balaban J connectivity index is 1.57. The zero-order chi connectivity index (χ0) is 13.6. The van der Waals surface area contributed by atoms with Gasteiger partial charge in [-0.2, -0.15) is 4.68 Å². The number of nitrogens with zero attached hydrogens (tertiary/aromatic N) is 4. The summed E-state index contributed by atoms with van der Waals surface area (Å²) in [5.74, 6) is 0. The van der Waals surface area contributed by atoms with Gasteiger partial charge in [-0.05, 0) is 48.4 Å². The number of rotatable bonds is 5. The van der Waals surface area contributed by atoms with Crippen LogP contribution in [0.5, 0.6) is 6.01 Å². The third-order valence-electron chi connectivity index (χ3n) is 3.55. The molecule has 1 saturated heterocycles.